The Balaban J connectivity index is 1.82. The third-order valence-corrected chi connectivity index (χ3v) is 5.18. The van der Waals surface area contributed by atoms with Crippen molar-refractivity contribution in [1.82, 2.24) is 0 Å². The molecule has 0 fully saturated rings. The number of benzene rings is 3. The van der Waals surface area contributed by atoms with Gasteiger partial charge in [0.25, 0.3) is 0 Å². The van der Waals surface area contributed by atoms with E-state index in [0.29, 0.717) is 21.7 Å². The van der Waals surface area contributed by atoms with E-state index in [1.165, 1.54) is 11.8 Å². The van der Waals surface area contributed by atoms with Crippen LogP contribution in [0.2, 0.25) is 0 Å². The summed E-state index contributed by atoms with van der Waals surface area (Å²) in [6.07, 6.45) is 0. The number of allylic oxidation sites excluding steroid dienone is 2. The smallest absolute Gasteiger partial charge is 0.211 e. The van der Waals surface area contributed by atoms with Gasteiger partial charge in [0, 0.05) is 21.7 Å². The zero-order valence-corrected chi connectivity index (χ0v) is 14.6. The molecule has 1 N–H and O–H groups in total. The summed E-state index contributed by atoms with van der Waals surface area (Å²) in [7, 11) is 0. The molecule has 1 aliphatic rings. The molecule has 0 heterocycles. The first-order valence-corrected chi connectivity index (χ1v) is 9.03. The van der Waals surface area contributed by atoms with Crippen LogP contribution in [0.15, 0.2) is 100 Å². The highest BCUT2D eigenvalue weighted by molar-refractivity contribution is 8.04. The Hall–Kier alpha value is -3.11. The van der Waals surface area contributed by atoms with Crippen molar-refractivity contribution in [2.24, 2.45) is 0 Å². The summed E-state index contributed by atoms with van der Waals surface area (Å²) >= 11 is 1.31. The number of hydrogen-bond acceptors (Lipinski definition) is 4. The molecule has 0 unspecified atom stereocenters. The number of ketones is 2. The summed E-state index contributed by atoms with van der Waals surface area (Å²) in [5.41, 5.74) is 1.99. The Morgan fingerprint density at radius 1 is 0.615 bits per heavy atom. The summed E-state index contributed by atoms with van der Waals surface area (Å²) in [4.78, 5) is 27.5. The first-order chi connectivity index (χ1) is 12.7. The first-order valence-electron chi connectivity index (χ1n) is 8.22. The standard InChI is InChI=1S/C22H15NO2S/c24-20-17-13-7-8-14-18(17)21(25)22(26-16-11-5-2-6-12-16)19(20)23-15-9-3-1-4-10-15/h1-14,23H. The Bertz CT molecular complexity index is 928. The Kier molecular flexibility index (Phi) is 4.42. The van der Waals surface area contributed by atoms with Crippen molar-refractivity contribution in [2.45, 2.75) is 4.90 Å². The lowest BCUT2D eigenvalue weighted by atomic mass is 9.92. The van der Waals surface area contributed by atoms with Gasteiger partial charge in [-0.15, -0.1) is 0 Å². The van der Waals surface area contributed by atoms with Gasteiger partial charge in [-0.05, 0) is 24.3 Å². The summed E-state index contributed by atoms with van der Waals surface area (Å²) < 4.78 is 0. The fourth-order valence-electron chi connectivity index (χ4n) is 2.84. The molecule has 126 valence electrons. The largest absolute Gasteiger partial charge is 0.351 e. The van der Waals surface area contributed by atoms with Crippen molar-refractivity contribution in [3.8, 4) is 0 Å². The second kappa shape index (κ2) is 7.02. The number of para-hydroxylation sites is 1. The van der Waals surface area contributed by atoms with Gasteiger partial charge in [0.05, 0.1) is 4.91 Å². The lowest BCUT2D eigenvalue weighted by Crippen LogP contribution is -2.25. The molecular formula is C22H15NO2S. The monoisotopic (exact) mass is 357 g/mol. The summed E-state index contributed by atoms with van der Waals surface area (Å²) in [6.45, 7) is 0. The molecule has 0 bridgehead atoms. The number of Topliss-reactive ketones (excluding diaryl/α,β-unsaturated/α-hetero) is 2. The maximum Gasteiger partial charge on any atom is 0.211 e. The van der Waals surface area contributed by atoms with Crippen LogP contribution in [0.3, 0.4) is 0 Å². The Labute approximate surface area is 155 Å². The fraction of sp³-hybridized carbons (Fsp3) is 0. The molecule has 3 aromatic rings. The van der Waals surface area contributed by atoms with Crippen LogP contribution >= 0.6 is 11.8 Å². The third kappa shape index (κ3) is 3.07. The summed E-state index contributed by atoms with van der Waals surface area (Å²) in [6, 6.07) is 26.0. The van der Waals surface area contributed by atoms with Gasteiger partial charge in [-0.1, -0.05) is 72.4 Å². The van der Waals surface area contributed by atoms with E-state index >= 15 is 0 Å². The van der Waals surface area contributed by atoms with E-state index in [2.05, 4.69) is 5.32 Å². The minimum atomic E-state index is -0.164. The van der Waals surface area contributed by atoms with Crippen LogP contribution in [0.1, 0.15) is 20.7 Å². The third-order valence-electron chi connectivity index (χ3n) is 4.08. The van der Waals surface area contributed by atoms with Gasteiger partial charge in [-0.2, -0.15) is 0 Å². The topological polar surface area (TPSA) is 46.2 Å². The molecular weight excluding hydrogens is 342 g/mol. The normalized spacial score (nSPS) is 13.5. The van der Waals surface area contributed by atoms with Crippen LogP contribution in [0, 0.1) is 0 Å². The van der Waals surface area contributed by atoms with E-state index in [1.807, 2.05) is 60.7 Å². The van der Waals surface area contributed by atoms with Crippen LogP contribution in [0.25, 0.3) is 0 Å². The Morgan fingerprint density at radius 2 is 1.15 bits per heavy atom. The van der Waals surface area contributed by atoms with Crippen molar-refractivity contribution >= 4 is 29.0 Å². The molecule has 0 aliphatic heterocycles. The minimum absolute atomic E-state index is 0.132. The van der Waals surface area contributed by atoms with E-state index in [4.69, 9.17) is 0 Å². The van der Waals surface area contributed by atoms with Crippen molar-refractivity contribution in [1.29, 1.82) is 0 Å². The second-order valence-electron chi connectivity index (χ2n) is 5.81. The maximum atomic E-state index is 13.1. The van der Waals surface area contributed by atoms with Gasteiger partial charge in [0.1, 0.15) is 5.70 Å². The Morgan fingerprint density at radius 3 is 1.81 bits per heavy atom. The van der Waals surface area contributed by atoms with Crippen LogP contribution in [0.5, 0.6) is 0 Å². The number of anilines is 1. The lowest BCUT2D eigenvalue weighted by molar-refractivity contribution is 0.0982. The lowest BCUT2D eigenvalue weighted by Gasteiger charge is -2.21. The molecule has 3 nitrogen and oxygen atoms in total. The zero-order valence-electron chi connectivity index (χ0n) is 13.8. The summed E-state index contributed by atoms with van der Waals surface area (Å²) in [5.74, 6) is -0.296. The average Bonchev–Trinajstić information content (AvgIpc) is 2.70. The highest BCUT2D eigenvalue weighted by atomic mass is 32.2. The highest BCUT2D eigenvalue weighted by Gasteiger charge is 2.32. The van der Waals surface area contributed by atoms with Crippen molar-refractivity contribution in [3.63, 3.8) is 0 Å². The molecule has 3 aromatic carbocycles. The SMILES string of the molecule is O=C1C(Nc2ccccc2)=C(Sc2ccccc2)C(=O)c2ccccc21. The number of hydrogen-bond donors (Lipinski definition) is 1. The van der Waals surface area contributed by atoms with Crippen LogP contribution in [0.4, 0.5) is 5.69 Å². The molecule has 0 atom stereocenters. The molecule has 0 saturated heterocycles. The molecule has 1 aliphatic carbocycles. The molecule has 0 spiro atoms. The van der Waals surface area contributed by atoms with Crippen LogP contribution < -0.4 is 5.32 Å². The number of thioether (sulfide) groups is 1. The number of carbonyl (C=O) groups excluding carboxylic acids is 2. The number of fused-ring (bicyclic) bond motifs is 1. The van der Waals surface area contributed by atoms with E-state index < -0.39 is 0 Å². The highest BCUT2D eigenvalue weighted by Crippen LogP contribution is 2.37. The predicted octanol–water partition coefficient (Wildman–Crippen LogP) is 5.18. The minimum Gasteiger partial charge on any atom is -0.351 e. The van der Waals surface area contributed by atoms with Gasteiger partial charge < -0.3 is 5.32 Å². The zero-order chi connectivity index (χ0) is 17.9. The number of rotatable bonds is 4. The molecule has 4 rings (SSSR count). The van der Waals surface area contributed by atoms with Crippen LogP contribution in [-0.2, 0) is 0 Å². The molecule has 4 heteroatoms. The van der Waals surface area contributed by atoms with Gasteiger partial charge in [-0.3, -0.25) is 9.59 Å². The molecule has 0 aromatic heterocycles. The molecule has 0 amide bonds. The maximum absolute atomic E-state index is 13.1. The molecule has 0 saturated carbocycles. The van der Waals surface area contributed by atoms with E-state index in [-0.39, 0.29) is 11.6 Å². The second-order valence-corrected chi connectivity index (χ2v) is 6.90. The number of nitrogens with one attached hydrogen (secondary N) is 1. The molecule has 0 radical (unpaired) electrons. The van der Waals surface area contributed by atoms with E-state index in [1.54, 1.807) is 24.3 Å². The van der Waals surface area contributed by atoms with Crippen molar-refractivity contribution < 1.29 is 9.59 Å². The van der Waals surface area contributed by atoms with E-state index in [9.17, 15) is 9.59 Å². The average molecular weight is 357 g/mol. The summed E-state index contributed by atoms with van der Waals surface area (Å²) in [5, 5.41) is 3.16. The number of carbonyl (C=O) groups is 2. The predicted molar refractivity (Wildman–Crippen MR) is 104 cm³/mol. The first kappa shape index (κ1) is 16.4. The quantitative estimate of drug-likeness (QED) is 0.699. The van der Waals surface area contributed by atoms with E-state index in [0.717, 1.165) is 10.6 Å². The van der Waals surface area contributed by atoms with Crippen molar-refractivity contribution in [3.05, 3.63) is 107 Å². The van der Waals surface area contributed by atoms with Gasteiger partial charge in [-0.25, -0.2) is 0 Å². The fourth-order valence-corrected chi connectivity index (χ4v) is 3.81. The van der Waals surface area contributed by atoms with Crippen LogP contribution in [-0.4, -0.2) is 11.6 Å². The van der Waals surface area contributed by atoms with Gasteiger partial charge in [0.2, 0.25) is 11.6 Å². The van der Waals surface area contributed by atoms with Gasteiger partial charge >= 0.3 is 0 Å². The molecule has 26 heavy (non-hydrogen) atoms. The van der Waals surface area contributed by atoms with Crippen molar-refractivity contribution in [2.75, 3.05) is 5.32 Å². The van der Waals surface area contributed by atoms with Gasteiger partial charge in [0.15, 0.2) is 0 Å².